The standard InChI is InChI=1S/C18H18N8O/c19-12-8-11(6-7-13(12)24-21)15-16(10-4-2-1-3-5-10)23-18(20)26-17(15)22-14(9-27)25-26/h1-8,24,27H,9,19,21H2,(H2,20,23). The molecule has 0 unspecified atom stereocenters. The SMILES string of the molecule is NNc1ccc(-c2c(-c3ccccc3)nc(N)n3nc(CO)nc23)cc1N. The van der Waals surface area contributed by atoms with Gasteiger partial charge in [-0.2, -0.15) is 4.52 Å². The summed E-state index contributed by atoms with van der Waals surface area (Å²) < 4.78 is 1.42. The fourth-order valence-electron chi connectivity index (χ4n) is 2.99. The molecular formula is C18H18N8O. The molecule has 0 bridgehead atoms. The molecule has 0 fully saturated rings. The number of nitrogens with one attached hydrogen (secondary N) is 1. The van der Waals surface area contributed by atoms with Crippen molar-refractivity contribution in [3.05, 3.63) is 54.4 Å². The second-order valence-electron chi connectivity index (χ2n) is 5.93. The predicted molar refractivity (Wildman–Crippen MR) is 104 cm³/mol. The van der Waals surface area contributed by atoms with Gasteiger partial charge in [0.05, 0.1) is 22.6 Å². The summed E-state index contributed by atoms with van der Waals surface area (Å²) in [7, 11) is 0. The summed E-state index contributed by atoms with van der Waals surface area (Å²) in [6.07, 6.45) is 0. The number of nitrogen functional groups attached to an aromatic ring is 3. The van der Waals surface area contributed by atoms with E-state index in [9.17, 15) is 5.11 Å². The summed E-state index contributed by atoms with van der Waals surface area (Å²) >= 11 is 0. The number of benzene rings is 2. The molecule has 0 amide bonds. The Morgan fingerprint density at radius 1 is 1.00 bits per heavy atom. The molecule has 9 heteroatoms. The van der Waals surface area contributed by atoms with Gasteiger partial charge in [-0.25, -0.2) is 9.97 Å². The lowest BCUT2D eigenvalue weighted by molar-refractivity contribution is 0.271. The molecule has 0 saturated heterocycles. The molecule has 0 aliphatic heterocycles. The van der Waals surface area contributed by atoms with Gasteiger partial charge in [0.1, 0.15) is 6.61 Å². The quantitative estimate of drug-likeness (QED) is 0.207. The van der Waals surface area contributed by atoms with Crippen molar-refractivity contribution in [2.75, 3.05) is 16.9 Å². The monoisotopic (exact) mass is 362 g/mol. The van der Waals surface area contributed by atoms with E-state index >= 15 is 0 Å². The van der Waals surface area contributed by atoms with E-state index in [1.165, 1.54) is 4.52 Å². The molecule has 8 N–H and O–H groups in total. The van der Waals surface area contributed by atoms with E-state index in [0.29, 0.717) is 28.3 Å². The van der Waals surface area contributed by atoms with Gasteiger partial charge in [0.25, 0.3) is 0 Å². The average Bonchev–Trinajstić information content (AvgIpc) is 3.13. The molecule has 0 saturated carbocycles. The third-order valence-electron chi connectivity index (χ3n) is 4.24. The van der Waals surface area contributed by atoms with Crippen molar-refractivity contribution in [2.45, 2.75) is 6.61 Å². The van der Waals surface area contributed by atoms with Gasteiger partial charge in [-0.1, -0.05) is 36.4 Å². The Hall–Kier alpha value is -3.69. The highest BCUT2D eigenvalue weighted by Crippen LogP contribution is 2.36. The van der Waals surface area contributed by atoms with Crippen molar-refractivity contribution >= 4 is 23.0 Å². The first-order valence-electron chi connectivity index (χ1n) is 8.20. The Morgan fingerprint density at radius 3 is 2.44 bits per heavy atom. The van der Waals surface area contributed by atoms with E-state index in [4.69, 9.17) is 17.3 Å². The molecular weight excluding hydrogens is 344 g/mol. The Kier molecular flexibility index (Phi) is 4.07. The number of anilines is 3. The molecule has 2 aromatic heterocycles. The van der Waals surface area contributed by atoms with Crippen molar-refractivity contribution in [3.63, 3.8) is 0 Å². The Balaban J connectivity index is 2.08. The summed E-state index contributed by atoms with van der Waals surface area (Å²) in [6.45, 7) is -0.306. The number of rotatable bonds is 4. The normalized spacial score (nSPS) is 11.0. The summed E-state index contributed by atoms with van der Waals surface area (Å²) in [4.78, 5) is 8.97. The van der Waals surface area contributed by atoms with Crippen LogP contribution in [0, 0.1) is 0 Å². The molecule has 4 rings (SSSR count). The maximum absolute atomic E-state index is 9.45. The van der Waals surface area contributed by atoms with Crippen LogP contribution in [0.4, 0.5) is 17.3 Å². The summed E-state index contributed by atoms with van der Waals surface area (Å²) in [5.41, 5.74) is 19.3. The lowest BCUT2D eigenvalue weighted by atomic mass is 9.99. The molecule has 0 atom stereocenters. The highest BCUT2D eigenvalue weighted by Gasteiger charge is 2.20. The van der Waals surface area contributed by atoms with Crippen LogP contribution in [0.5, 0.6) is 0 Å². The van der Waals surface area contributed by atoms with Gasteiger partial charge in [0.2, 0.25) is 5.95 Å². The first-order valence-corrected chi connectivity index (χ1v) is 8.20. The maximum atomic E-state index is 9.45. The fourth-order valence-corrected chi connectivity index (χ4v) is 2.99. The lowest BCUT2D eigenvalue weighted by Crippen LogP contribution is -2.09. The number of aliphatic hydroxyl groups excluding tert-OH is 1. The Bertz CT molecular complexity index is 1120. The molecule has 0 aliphatic carbocycles. The van der Waals surface area contributed by atoms with Crippen LogP contribution >= 0.6 is 0 Å². The van der Waals surface area contributed by atoms with E-state index in [1.54, 1.807) is 12.1 Å². The van der Waals surface area contributed by atoms with Gasteiger partial charge in [0, 0.05) is 5.56 Å². The van der Waals surface area contributed by atoms with Crippen molar-refractivity contribution in [1.29, 1.82) is 0 Å². The largest absolute Gasteiger partial charge is 0.397 e. The van der Waals surface area contributed by atoms with Gasteiger partial charge in [-0.15, -0.1) is 5.10 Å². The lowest BCUT2D eigenvalue weighted by Gasteiger charge is -2.13. The van der Waals surface area contributed by atoms with Crippen LogP contribution in [0.1, 0.15) is 5.82 Å². The number of aromatic nitrogens is 4. The molecule has 0 spiro atoms. The summed E-state index contributed by atoms with van der Waals surface area (Å²) in [5, 5.41) is 13.7. The minimum atomic E-state index is -0.306. The molecule has 2 heterocycles. The van der Waals surface area contributed by atoms with Crippen LogP contribution in [0.15, 0.2) is 48.5 Å². The topological polar surface area (TPSA) is 153 Å². The average molecular weight is 362 g/mol. The van der Waals surface area contributed by atoms with Crippen LogP contribution in [0.3, 0.4) is 0 Å². The minimum Gasteiger partial charge on any atom is -0.397 e. The van der Waals surface area contributed by atoms with E-state index in [0.717, 1.165) is 11.1 Å². The second-order valence-corrected chi connectivity index (χ2v) is 5.93. The highest BCUT2D eigenvalue weighted by atomic mass is 16.3. The number of hydrogen-bond acceptors (Lipinski definition) is 8. The highest BCUT2D eigenvalue weighted by molar-refractivity contribution is 5.92. The third kappa shape index (κ3) is 2.80. The minimum absolute atomic E-state index is 0.174. The van der Waals surface area contributed by atoms with E-state index < -0.39 is 0 Å². The van der Waals surface area contributed by atoms with Crippen molar-refractivity contribution in [2.24, 2.45) is 5.84 Å². The van der Waals surface area contributed by atoms with Crippen molar-refractivity contribution in [3.8, 4) is 22.4 Å². The zero-order valence-electron chi connectivity index (χ0n) is 14.3. The number of hydrogen-bond donors (Lipinski definition) is 5. The van der Waals surface area contributed by atoms with Gasteiger partial charge >= 0.3 is 0 Å². The smallest absolute Gasteiger partial charge is 0.223 e. The number of nitrogens with two attached hydrogens (primary N) is 3. The molecule has 0 aliphatic rings. The second kappa shape index (κ2) is 6.56. The number of aliphatic hydroxyl groups is 1. The number of fused-ring (bicyclic) bond motifs is 1. The van der Waals surface area contributed by atoms with Crippen LogP contribution < -0.4 is 22.7 Å². The molecule has 0 radical (unpaired) electrons. The zero-order chi connectivity index (χ0) is 19.0. The van der Waals surface area contributed by atoms with E-state index in [2.05, 4.69) is 20.5 Å². The predicted octanol–water partition coefficient (Wildman–Crippen LogP) is 1.40. The summed E-state index contributed by atoms with van der Waals surface area (Å²) in [5.74, 6) is 5.91. The van der Waals surface area contributed by atoms with Gasteiger partial charge in [-0.05, 0) is 17.7 Å². The third-order valence-corrected chi connectivity index (χ3v) is 4.24. The van der Waals surface area contributed by atoms with Crippen LogP contribution in [-0.4, -0.2) is 24.7 Å². The molecule has 9 nitrogen and oxygen atoms in total. The number of nitrogens with zero attached hydrogens (tertiary/aromatic N) is 4. The fraction of sp³-hybridized carbons (Fsp3) is 0.0556. The molecule has 27 heavy (non-hydrogen) atoms. The first kappa shape index (κ1) is 16.8. The van der Waals surface area contributed by atoms with E-state index in [1.807, 2.05) is 36.4 Å². The van der Waals surface area contributed by atoms with Gasteiger partial charge < -0.3 is 22.0 Å². The summed E-state index contributed by atoms with van der Waals surface area (Å²) in [6, 6.07) is 15.0. The molecule has 136 valence electrons. The van der Waals surface area contributed by atoms with Crippen LogP contribution in [0.2, 0.25) is 0 Å². The molecule has 2 aromatic carbocycles. The van der Waals surface area contributed by atoms with Gasteiger partial charge in [-0.3, -0.25) is 5.84 Å². The van der Waals surface area contributed by atoms with Crippen LogP contribution in [-0.2, 0) is 6.61 Å². The number of hydrazine groups is 1. The van der Waals surface area contributed by atoms with Crippen LogP contribution in [0.25, 0.3) is 28.0 Å². The Morgan fingerprint density at radius 2 is 1.78 bits per heavy atom. The zero-order valence-corrected chi connectivity index (χ0v) is 14.3. The Labute approximate surface area is 154 Å². The van der Waals surface area contributed by atoms with Crippen molar-refractivity contribution < 1.29 is 5.11 Å². The first-order chi connectivity index (χ1) is 13.1. The maximum Gasteiger partial charge on any atom is 0.223 e. The molecule has 4 aromatic rings. The van der Waals surface area contributed by atoms with Crippen molar-refractivity contribution in [1.82, 2.24) is 19.6 Å². The van der Waals surface area contributed by atoms with Gasteiger partial charge in [0.15, 0.2) is 11.5 Å². The van der Waals surface area contributed by atoms with E-state index in [-0.39, 0.29) is 18.4 Å².